The summed E-state index contributed by atoms with van der Waals surface area (Å²) in [6, 6.07) is 4.05. The summed E-state index contributed by atoms with van der Waals surface area (Å²) in [7, 11) is 2.08. The number of likely N-dealkylation sites (N-methyl/N-ethyl adjacent to an activating group) is 1. The Balaban J connectivity index is 2.04. The van der Waals surface area contributed by atoms with Crippen molar-refractivity contribution in [1.29, 1.82) is 0 Å². The van der Waals surface area contributed by atoms with Crippen molar-refractivity contribution in [2.24, 2.45) is 5.73 Å². The minimum Gasteiger partial charge on any atom is -0.323 e. The van der Waals surface area contributed by atoms with Gasteiger partial charge in [-0.15, -0.1) is 0 Å². The first-order valence-electron chi connectivity index (χ1n) is 6.61. The van der Waals surface area contributed by atoms with Crippen molar-refractivity contribution in [3.05, 3.63) is 35.4 Å². The lowest BCUT2D eigenvalue weighted by Crippen LogP contribution is -2.52. The molecule has 2 atom stereocenters. The second kappa shape index (κ2) is 5.94. The van der Waals surface area contributed by atoms with Crippen LogP contribution in [0.3, 0.4) is 0 Å². The van der Waals surface area contributed by atoms with Gasteiger partial charge in [-0.05, 0) is 20.0 Å². The van der Waals surface area contributed by atoms with Gasteiger partial charge in [0.05, 0.1) is 0 Å². The van der Waals surface area contributed by atoms with Gasteiger partial charge in [0.1, 0.15) is 0 Å². The molecule has 106 valence electrons. The Hall–Kier alpha value is -1.04. The molecule has 1 heterocycles. The van der Waals surface area contributed by atoms with Gasteiger partial charge < -0.3 is 10.6 Å². The Morgan fingerprint density at radius 1 is 1.37 bits per heavy atom. The number of benzene rings is 1. The maximum Gasteiger partial charge on any atom is 0.163 e. The molecule has 2 rings (SSSR count). The molecule has 1 aromatic carbocycles. The maximum absolute atomic E-state index is 13.7. The molecule has 19 heavy (non-hydrogen) atoms. The summed E-state index contributed by atoms with van der Waals surface area (Å²) in [6.07, 6.45) is 0. The van der Waals surface area contributed by atoms with E-state index in [9.17, 15) is 8.78 Å². The van der Waals surface area contributed by atoms with Crippen molar-refractivity contribution in [1.82, 2.24) is 9.80 Å². The second-order valence-electron chi connectivity index (χ2n) is 5.36. The Morgan fingerprint density at radius 2 is 2.11 bits per heavy atom. The van der Waals surface area contributed by atoms with E-state index in [-0.39, 0.29) is 5.56 Å². The molecule has 0 bridgehead atoms. The summed E-state index contributed by atoms with van der Waals surface area (Å²) >= 11 is 0. The molecule has 0 aromatic heterocycles. The van der Waals surface area contributed by atoms with Crippen molar-refractivity contribution < 1.29 is 8.78 Å². The van der Waals surface area contributed by atoms with Crippen LogP contribution in [0.25, 0.3) is 0 Å². The molecule has 0 saturated carbocycles. The third kappa shape index (κ3) is 3.29. The first-order chi connectivity index (χ1) is 8.99. The number of nitrogens with zero attached hydrogens (tertiary/aromatic N) is 2. The van der Waals surface area contributed by atoms with Crippen LogP contribution in [-0.4, -0.2) is 49.1 Å². The van der Waals surface area contributed by atoms with Crippen LogP contribution >= 0.6 is 0 Å². The summed E-state index contributed by atoms with van der Waals surface area (Å²) in [4.78, 5) is 4.49. The Bertz CT molecular complexity index is 439. The third-order valence-corrected chi connectivity index (χ3v) is 3.78. The molecule has 2 N–H and O–H groups in total. The molecule has 0 spiro atoms. The molecule has 0 aliphatic carbocycles. The first-order valence-corrected chi connectivity index (χ1v) is 6.61. The molecule has 1 aliphatic rings. The van der Waals surface area contributed by atoms with Gasteiger partial charge in [-0.1, -0.05) is 12.1 Å². The van der Waals surface area contributed by atoms with Crippen molar-refractivity contribution in [2.45, 2.75) is 19.0 Å². The molecule has 3 nitrogen and oxygen atoms in total. The van der Waals surface area contributed by atoms with Crippen LogP contribution in [0.1, 0.15) is 18.5 Å². The second-order valence-corrected chi connectivity index (χ2v) is 5.36. The summed E-state index contributed by atoms with van der Waals surface area (Å²) in [6.45, 7) is 5.53. The van der Waals surface area contributed by atoms with Gasteiger partial charge in [0, 0.05) is 43.8 Å². The minimum absolute atomic E-state index is 0.256. The van der Waals surface area contributed by atoms with Gasteiger partial charge in [0.15, 0.2) is 11.6 Å². The molecular weight excluding hydrogens is 248 g/mol. The van der Waals surface area contributed by atoms with Crippen LogP contribution in [0, 0.1) is 11.6 Å². The van der Waals surface area contributed by atoms with Gasteiger partial charge in [-0.25, -0.2) is 8.78 Å². The van der Waals surface area contributed by atoms with E-state index < -0.39 is 17.7 Å². The Kier molecular flexibility index (Phi) is 4.50. The number of hydrogen-bond donors (Lipinski definition) is 1. The quantitative estimate of drug-likeness (QED) is 0.904. The largest absolute Gasteiger partial charge is 0.323 e. The van der Waals surface area contributed by atoms with Crippen molar-refractivity contribution in [3.63, 3.8) is 0 Å². The highest BCUT2D eigenvalue weighted by atomic mass is 19.2. The molecule has 1 aliphatic heterocycles. The highest BCUT2D eigenvalue weighted by Gasteiger charge is 2.24. The number of hydrogen-bond acceptors (Lipinski definition) is 3. The van der Waals surface area contributed by atoms with Crippen LogP contribution in [0.15, 0.2) is 18.2 Å². The number of nitrogens with two attached hydrogens (primary N) is 1. The number of rotatable bonds is 3. The number of piperazine rings is 1. The molecule has 1 fully saturated rings. The summed E-state index contributed by atoms with van der Waals surface area (Å²) in [5.74, 6) is -1.66. The molecule has 0 radical (unpaired) electrons. The molecule has 1 saturated heterocycles. The topological polar surface area (TPSA) is 32.5 Å². The summed E-state index contributed by atoms with van der Waals surface area (Å²) in [5, 5.41) is 0. The van der Waals surface area contributed by atoms with Gasteiger partial charge in [0.25, 0.3) is 0 Å². The van der Waals surface area contributed by atoms with Crippen LogP contribution in [-0.2, 0) is 0 Å². The van der Waals surface area contributed by atoms with Crippen LogP contribution in [0.5, 0.6) is 0 Å². The molecule has 2 unspecified atom stereocenters. The van der Waals surface area contributed by atoms with E-state index in [0.717, 1.165) is 25.7 Å². The van der Waals surface area contributed by atoms with E-state index in [2.05, 4.69) is 23.8 Å². The predicted octanol–water partition coefficient (Wildman–Crippen LogP) is 1.60. The molecule has 1 aromatic rings. The van der Waals surface area contributed by atoms with E-state index >= 15 is 0 Å². The van der Waals surface area contributed by atoms with Gasteiger partial charge in [-0.2, -0.15) is 0 Å². The average molecular weight is 269 g/mol. The zero-order chi connectivity index (χ0) is 14.0. The average Bonchev–Trinajstić information content (AvgIpc) is 2.36. The Labute approximate surface area is 113 Å². The summed E-state index contributed by atoms with van der Waals surface area (Å²) in [5.41, 5.74) is 6.29. The summed E-state index contributed by atoms with van der Waals surface area (Å²) < 4.78 is 26.9. The smallest absolute Gasteiger partial charge is 0.163 e. The van der Waals surface area contributed by atoms with Crippen LogP contribution < -0.4 is 5.73 Å². The van der Waals surface area contributed by atoms with E-state index in [4.69, 9.17) is 5.73 Å². The molecule has 0 amide bonds. The van der Waals surface area contributed by atoms with Crippen molar-refractivity contribution >= 4 is 0 Å². The van der Waals surface area contributed by atoms with Gasteiger partial charge in [0.2, 0.25) is 0 Å². The fraction of sp³-hybridized carbons (Fsp3) is 0.571. The van der Waals surface area contributed by atoms with Crippen molar-refractivity contribution in [3.8, 4) is 0 Å². The zero-order valence-electron chi connectivity index (χ0n) is 11.4. The van der Waals surface area contributed by atoms with E-state index in [0.29, 0.717) is 12.6 Å². The SMILES string of the molecule is CC1CN(C)CCN1CC(N)c1cccc(F)c1F. The van der Waals surface area contributed by atoms with Crippen LogP contribution in [0.4, 0.5) is 8.78 Å². The van der Waals surface area contributed by atoms with Crippen LogP contribution in [0.2, 0.25) is 0 Å². The van der Waals surface area contributed by atoms with Gasteiger partial charge >= 0.3 is 0 Å². The lowest BCUT2D eigenvalue weighted by Gasteiger charge is -2.39. The zero-order valence-corrected chi connectivity index (χ0v) is 11.4. The van der Waals surface area contributed by atoms with Gasteiger partial charge in [-0.3, -0.25) is 4.90 Å². The lowest BCUT2D eigenvalue weighted by atomic mass is 10.0. The standard InChI is InChI=1S/C14H21F2N3/c1-10-8-18(2)6-7-19(10)9-13(17)11-4-3-5-12(15)14(11)16/h3-5,10,13H,6-9,17H2,1-2H3. The normalized spacial score (nSPS) is 23.5. The monoisotopic (exact) mass is 269 g/mol. The minimum atomic E-state index is -0.834. The highest BCUT2D eigenvalue weighted by Crippen LogP contribution is 2.20. The lowest BCUT2D eigenvalue weighted by molar-refractivity contribution is 0.0941. The molecule has 5 heteroatoms. The predicted molar refractivity (Wildman–Crippen MR) is 71.8 cm³/mol. The van der Waals surface area contributed by atoms with E-state index in [1.54, 1.807) is 6.07 Å². The molecular formula is C14H21F2N3. The van der Waals surface area contributed by atoms with Crippen molar-refractivity contribution in [2.75, 3.05) is 33.2 Å². The van der Waals surface area contributed by atoms with E-state index in [1.165, 1.54) is 6.07 Å². The maximum atomic E-state index is 13.7. The fourth-order valence-electron chi connectivity index (χ4n) is 2.61. The first kappa shape index (κ1) is 14.4. The highest BCUT2D eigenvalue weighted by molar-refractivity contribution is 5.22. The Morgan fingerprint density at radius 3 is 2.79 bits per heavy atom. The van der Waals surface area contributed by atoms with E-state index in [1.807, 2.05) is 0 Å². The number of halogens is 2. The third-order valence-electron chi connectivity index (χ3n) is 3.78. The fourth-order valence-corrected chi connectivity index (χ4v) is 2.61.